The Morgan fingerprint density at radius 2 is 2.38 bits per heavy atom. The summed E-state index contributed by atoms with van der Waals surface area (Å²) in [5, 5.41) is 10.4. The second kappa shape index (κ2) is 2.40. The second-order valence-corrected chi connectivity index (χ2v) is 1.50. The molecule has 0 spiro atoms. The minimum Gasteiger partial charge on any atom is -0.353 e. The van der Waals surface area contributed by atoms with Crippen LogP contribution in [0.5, 0.6) is 0 Å². The summed E-state index contributed by atoms with van der Waals surface area (Å²) in [6.07, 6.45) is 0. The van der Waals surface area contributed by atoms with Gasteiger partial charge in [-0.05, 0) is 6.92 Å². The zero-order valence-corrected chi connectivity index (χ0v) is 4.76. The van der Waals surface area contributed by atoms with Crippen LogP contribution in [0.15, 0.2) is 15.2 Å². The Kier molecular flexibility index (Phi) is 1.56. The molecule has 4 nitrogen and oxygen atoms in total. The molecular formula is C4H8N4. The molecule has 0 saturated carbocycles. The van der Waals surface area contributed by atoms with Gasteiger partial charge in [0.15, 0.2) is 6.67 Å². The molecule has 0 amide bonds. The van der Waals surface area contributed by atoms with Gasteiger partial charge in [0, 0.05) is 0 Å². The molecule has 0 aliphatic carbocycles. The van der Waals surface area contributed by atoms with Crippen LogP contribution in [-0.2, 0) is 0 Å². The molecule has 1 heterocycles. The number of rotatable bonds is 0. The number of hydrogen-bond donors (Lipinski definition) is 1. The molecule has 44 valence electrons. The molecule has 0 fully saturated rings. The third-order valence-corrected chi connectivity index (χ3v) is 0.877. The maximum Gasteiger partial charge on any atom is 0.152 e. The van der Waals surface area contributed by atoms with Crippen molar-refractivity contribution in [1.29, 1.82) is 0 Å². The van der Waals surface area contributed by atoms with Gasteiger partial charge in [-0.25, -0.2) is 4.99 Å². The lowest BCUT2D eigenvalue weighted by molar-refractivity contribution is 0.852. The van der Waals surface area contributed by atoms with Crippen molar-refractivity contribution in [2.24, 2.45) is 15.2 Å². The van der Waals surface area contributed by atoms with E-state index >= 15 is 0 Å². The zero-order chi connectivity index (χ0) is 5.82. The molecule has 0 aromatic rings. The molecule has 0 saturated heterocycles. The second-order valence-electron chi connectivity index (χ2n) is 1.50. The first-order valence-electron chi connectivity index (χ1n) is 2.48. The highest BCUT2D eigenvalue weighted by atomic mass is 15.3. The van der Waals surface area contributed by atoms with Crippen molar-refractivity contribution in [3.63, 3.8) is 0 Å². The van der Waals surface area contributed by atoms with Gasteiger partial charge < -0.3 is 5.32 Å². The van der Waals surface area contributed by atoms with E-state index in [9.17, 15) is 0 Å². The predicted molar refractivity (Wildman–Crippen MR) is 30.8 cm³/mol. The number of hydrogen-bond acceptors (Lipinski definition) is 4. The van der Waals surface area contributed by atoms with E-state index in [1.165, 1.54) is 0 Å². The summed E-state index contributed by atoms with van der Waals surface area (Å²) in [4.78, 5) is 3.97. The fraction of sp³-hybridized carbons (Fsp3) is 0.750. The molecule has 0 atom stereocenters. The topological polar surface area (TPSA) is 49.1 Å². The number of nitrogens with zero attached hydrogens (tertiary/aromatic N) is 3. The van der Waals surface area contributed by atoms with E-state index in [2.05, 4.69) is 20.5 Å². The van der Waals surface area contributed by atoms with Crippen LogP contribution < -0.4 is 5.32 Å². The van der Waals surface area contributed by atoms with E-state index in [0.717, 1.165) is 5.84 Å². The zero-order valence-electron chi connectivity index (χ0n) is 4.76. The highest BCUT2D eigenvalue weighted by Crippen LogP contribution is 1.82. The lowest BCUT2D eigenvalue weighted by Gasteiger charge is -1.93. The third kappa shape index (κ3) is 1.29. The maximum atomic E-state index is 3.97. The van der Waals surface area contributed by atoms with Gasteiger partial charge in [0.2, 0.25) is 0 Å². The van der Waals surface area contributed by atoms with E-state index < -0.39 is 0 Å². The van der Waals surface area contributed by atoms with Crippen molar-refractivity contribution in [3.05, 3.63) is 0 Å². The molecular weight excluding hydrogens is 104 g/mol. The standard InChI is InChI=1S/C4H8N4/c1-4-5-2-7-8-3-6-4/h2-3H2,1H3,(H,5,6). The Bertz CT molecular complexity index is 126. The van der Waals surface area contributed by atoms with Gasteiger partial charge in [0.25, 0.3) is 0 Å². The van der Waals surface area contributed by atoms with Crippen molar-refractivity contribution in [1.82, 2.24) is 5.32 Å². The van der Waals surface area contributed by atoms with Gasteiger partial charge in [-0.3, -0.25) is 0 Å². The van der Waals surface area contributed by atoms with Crippen molar-refractivity contribution < 1.29 is 0 Å². The molecule has 1 N–H and O–H groups in total. The van der Waals surface area contributed by atoms with Crippen molar-refractivity contribution >= 4 is 5.84 Å². The van der Waals surface area contributed by atoms with Crippen LogP contribution in [0.1, 0.15) is 6.92 Å². The Morgan fingerprint density at radius 3 is 3.25 bits per heavy atom. The Balaban J connectivity index is 2.48. The summed E-state index contributed by atoms with van der Waals surface area (Å²) in [6, 6.07) is 0. The van der Waals surface area contributed by atoms with Crippen LogP contribution in [0.3, 0.4) is 0 Å². The fourth-order valence-electron chi connectivity index (χ4n) is 0.438. The largest absolute Gasteiger partial charge is 0.353 e. The number of amidine groups is 1. The van der Waals surface area contributed by atoms with E-state index in [4.69, 9.17) is 0 Å². The smallest absolute Gasteiger partial charge is 0.152 e. The number of aliphatic imine (C=N–C) groups is 1. The minimum atomic E-state index is 0.471. The lowest BCUT2D eigenvalue weighted by atomic mass is 10.7. The molecule has 0 unspecified atom stereocenters. The fourth-order valence-corrected chi connectivity index (χ4v) is 0.438. The van der Waals surface area contributed by atoms with Crippen molar-refractivity contribution in [3.8, 4) is 0 Å². The highest BCUT2D eigenvalue weighted by molar-refractivity contribution is 5.79. The first kappa shape index (κ1) is 5.21. The van der Waals surface area contributed by atoms with Crippen LogP contribution in [-0.4, -0.2) is 19.2 Å². The molecule has 0 aromatic heterocycles. The molecule has 0 radical (unpaired) electrons. The molecule has 8 heavy (non-hydrogen) atoms. The van der Waals surface area contributed by atoms with Crippen LogP contribution in [0.4, 0.5) is 0 Å². The van der Waals surface area contributed by atoms with Crippen LogP contribution in [0.25, 0.3) is 0 Å². The summed E-state index contributed by atoms with van der Waals surface area (Å²) < 4.78 is 0. The average molecular weight is 112 g/mol. The molecule has 0 bridgehead atoms. The molecule has 4 heteroatoms. The average Bonchev–Trinajstić information content (AvgIpc) is 1.94. The molecule has 1 rings (SSSR count). The summed E-state index contributed by atoms with van der Waals surface area (Å²) in [5.74, 6) is 0.912. The van der Waals surface area contributed by atoms with Crippen LogP contribution in [0.2, 0.25) is 0 Å². The SMILES string of the molecule is CC1=NCN=NCN1. The molecule has 0 aromatic carbocycles. The first-order valence-corrected chi connectivity index (χ1v) is 2.48. The summed E-state index contributed by atoms with van der Waals surface area (Å²) in [7, 11) is 0. The third-order valence-electron chi connectivity index (χ3n) is 0.877. The van der Waals surface area contributed by atoms with E-state index in [0.29, 0.717) is 13.3 Å². The van der Waals surface area contributed by atoms with Crippen molar-refractivity contribution in [2.45, 2.75) is 6.92 Å². The van der Waals surface area contributed by atoms with Gasteiger partial charge in [-0.2, -0.15) is 10.2 Å². The van der Waals surface area contributed by atoms with Gasteiger partial charge in [0.1, 0.15) is 6.67 Å². The minimum absolute atomic E-state index is 0.471. The van der Waals surface area contributed by atoms with Crippen LogP contribution >= 0.6 is 0 Å². The monoisotopic (exact) mass is 112 g/mol. The first-order chi connectivity index (χ1) is 3.89. The van der Waals surface area contributed by atoms with Gasteiger partial charge >= 0.3 is 0 Å². The van der Waals surface area contributed by atoms with Crippen molar-refractivity contribution in [2.75, 3.05) is 13.3 Å². The highest BCUT2D eigenvalue weighted by Gasteiger charge is 1.88. The maximum absolute atomic E-state index is 3.97. The quantitative estimate of drug-likeness (QED) is 0.483. The van der Waals surface area contributed by atoms with E-state index in [1.54, 1.807) is 0 Å². The van der Waals surface area contributed by atoms with Gasteiger partial charge in [0.05, 0.1) is 5.84 Å². The summed E-state index contributed by atoms with van der Waals surface area (Å²) in [5.41, 5.74) is 0. The Hall–Kier alpha value is -0.930. The molecule has 1 aliphatic heterocycles. The van der Waals surface area contributed by atoms with Gasteiger partial charge in [-0.1, -0.05) is 0 Å². The van der Waals surface area contributed by atoms with E-state index in [1.807, 2.05) is 6.92 Å². The number of nitrogens with one attached hydrogen (secondary N) is 1. The summed E-state index contributed by atoms with van der Waals surface area (Å²) in [6.45, 7) is 2.94. The normalized spacial score (nSPS) is 18.9. The predicted octanol–water partition coefficient (Wildman–Crippen LogP) is 0.375. The lowest BCUT2D eigenvalue weighted by Crippen LogP contribution is -2.18. The molecule has 1 aliphatic rings. The van der Waals surface area contributed by atoms with Gasteiger partial charge in [-0.15, -0.1) is 0 Å². The summed E-state index contributed by atoms with van der Waals surface area (Å²) >= 11 is 0. The van der Waals surface area contributed by atoms with Crippen LogP contribution in [0, 0.1) is 0 Å². The number of azo groups is 1. The Labute approximate surface area is 47.7 Å². The van der Waals surface area contributed by atoms with E-state index in [-0.39, 0.29) is 0 Å². The Morgan fingerprint density at radius 1 is 1.50 bits per heavy atom.